The van der Waals surface area contributed by atoms with Crippen LogP contribution in [0.5, 0.6) is 0 Å². The van der Waals surface area contributed by atoms with Gasteiger partial charge >= 0.3 is 8.17 Å². The maximum Gasteiger partial charge on any atom is 0.573 e. The first-order chi connectivity index (χ1) is 6.68. The summed E-state index contributed by atoms with van der Waals surface area (Å²) in [5, 5.41) is 0. The Balaban J connectivity index is 4.07. The standard InChI is InChI=1S/C9H16O4P/c1-4-7-11-14(10,12-8-5-2)13-9-6-3/h4-6,10H,1-3,7-9H2/q+1. The summed E-state index contributed by atoms with van der Waals surface area (Å²) in [5.41, 5.74) is 0. The van der Waals surface area contributed by atoms with Crippen molar-refractivity contribution in [3.63, 3.8) is 0 Å². The van der Waals surface area contributed by atoms with Crippen molar-refractivity contribution in [3.8, 4) is 0 Å². The van der Waals surface area contributed by atoms with Gasteiger partial charge in [-0.2, -0.15) is 4.89 Å². The summed E-state index contributed by atoms with van der Waals surface area (Å²) in [6.45, 7) is 10.9. The van der Waals surface area contributed by atoms with Crippen molar-refractivity contribution in [2.75, 3.05) is 19.8 Å². The van der Waals surface area contributed by atoms with E-state index in [0.717, 1.165) is 0 Å². The lowest BCUT2D eigenvalue weighted by molar-refractivity contribution is 0.107. The van der Waals surface area contributed by atoms with Gasteiger partial charge in [-0.1, -0.05) is 18.2 Å². The maximum absolute atomic E-state index is 9.71. The summed E-state index contributed by atoms with van der Waals surface area (Å²) in [7, 11) is -3.23. The highest BCUT2D eigenvalue weighted by Crippen LogP contribution is 2.57. The van der Waals surface area contributed by atoms with E-state index in [1.165, 1.54) is 18.2 Å². The van der Waals surface area contributed by atoms with Crippen molar-refractivity contribution in [2.45, 2.75) is 0 Å². The molecule has 0 saturated carbocycles. The molecule has 5 heteroatoms. The highest BCUT2D eigenvalue weighted by atomic mass is 31.2. The van der Waals surface area contributed by atoms with Gasteiger partial charge in [-0.15, -0.1) is 33.3 Å². The second-order valence-electron chi connectivity index (χ2n) is 2.22. The molecule has 0 unspecified atom stereocenters. The molecule has 0 fully saturated rings. The molecule has 14 heavy (non-hydrogen) atoms. The summed E-state index contributed by atoms with van der Waals surface area (Å²) in [5.74, 6) is 0. The Morgan fingerprint density at radius 3 is 1.36 bits per heavy atom. The van der Waals surface area contributed by atoms with Crippen LogP contribution in [0.25, 0.3) is 0 Å². The fraction of sp³-hybridized carbons (Fsp3) is 0.333. The third kappa shape index (κ3) is 6.02. The quantitative estimate of drug-likeness (QED) is 0.477. The molecule has 0 bridgehead atoms. The second kappa shape index (κ2) is 7.85. The van der Waals surface area contributed by atoms with Crippen molar-refractivity contribution >= 4 is 8.17 Å². The minimum Gasteiger partial charge on any atom is -0.168 e. The van der Waals surface area contributed by atoms with Crippen LogP contribution < -0.4 is 0 Å². The molecule has 0 aromatic carbocycles. The fourth-order valence-electron chi connectivity index (χ4n) is 0.552. The Kier molecular flexibility index (Phi) is 7.57. The molecule has 0 heterocycles. The van der Waals surface area contributed by atoms with Gasteiger partial charge < -0.3 is 0 Å². The molecule has 0 aliphatic rings. The van der Waals surface area contributed by atoms with Gasteiger partial charge in [-0.05, 0) is 0 Å². The monoisotopic (exact) mass is 219 g/mol. The normalized spacial score (nSPS) is 10.9. The minimum absolute atomic E-state index is 0.165. The topological polar surface area (TPSA) is 47.9 Å². The van der Waals surface area contributed by atoms with Gasteiger partial charge in [0.15, 0.2) is 0 Å². The van der Waals surface area contributed by atoms with Crippen LogP contribution in [0, 0.1) is 0 Å². The highest BCUT2D eigenvalue weighted by molar-refractivity contribution is 7.55. The Morgan fingerprint density at radius 1 is 0.857 bits per heavy atom. The molecule has 0 radical (unpaired) electrons. The molecular formula is C9H16O4P+. The van der Waals surface area contributed by atoms with Crippen LogP contribution >= 0.6 is 8.17 Å². The molecule has 0 amide bonds. The lowest BCUT2D eigenvalue weighted by atomic mass is 10.7. The minimum atomic E-state index is -3.23. The van der Waals surface area contributed by atoms with E-state index in [0.29, 0.717) is 0 Å². The molecule has 80 valence electrons. The van der Waals surface area contributed by atoms with Gasteiger partial charge in [0, 0.05) is 0 Å². The van der Waals surface area contributed by atoms with Crippen LogP contribution in [0.3, 0.4) is 0 Å². The Labute approximate surface area is 85.2 Å². The van der Waals surface area contributed by atoms with E-state index in [2.05, 4.69) is 19.7 Å². The van der Waals surface area contributed by atoms with Gasteiger partial charge in [0.1, 0.15) is 19.8 Å². The van der Waals surface area contributed by atoms with Crippen molar-refractivity contribution in [2.24, 2.45) is 0 Å². The summed E-state index contributed by atoms with van der Waals surface area (Å²) < 4.78 is 15.0. The van der Waals surface area contributed by atoms with Crippen LogP contribution in [0.4, 0.5) is 0 Å². The molecule has 4 nitrogen and oxygen atoms in total. The predicted octanol–water partition coefficient (Wildman–Crippen LogP) is 2.26. The van der Waals surface area contributed by atoms with Crippen LogP contribution in [-0.4, -0.2) is 24.7 Å². The lowest BCUT2D eigenvalue weighted by Crippen LogP contribution is -2.07. The van der Waals surface area contributed by atoms with Gasteiger partial charge in [0.25, 0.3) is 0 Å². The summed E-state index contributed by atoms with van der Waals surface area (Å²) in [6, 6.07) is 0. The number of hydrogen-bond donors (Lipinski definition) is 1. The van der Waals surface area contributed by atoms with Crippen molar-refractivity contribution in [1.29, 1.82) is 0 Å². The van der Waals surface area contributed by atoms with E-state index < -0.39 is 8.17 Å². The fourth-order valence-corrected chi connectivity index (χ4v) is 1.66. The van der Waals surface area contributed by atoms with Crippen LogP contribution in [0.2, 0.25) is 0 Å². The predicted molar refractivity (Wildman–Crippen MR) is 57.6 cm³/mol. The summed E-state index contributed by atoms with van der Waals surface area (Å²) in [6.07, 6.45) is 4.50. The van der Waals surface area contributed by atoms with Gasteiger partial charge in [0.2, 0.25) is 0 Å². The number of hydrogen-bond acceptors (Lipinski definition) is 4. The molecule has 0 spiro atoms. The molecular weight excluding hydrogens is 203 g/mol. The van der Waals surface area contributed by atoms with Crippen molar-refractivity contribution in [3.05, 3.63) is 38.0 Å². The molecule has 0 aliphatic carbocycles. The highest BCUT2D eigenvalue weighted by Gasteiger charge is 2.43. The largest absolute Gasteiger partial charge is 0.573 e. The smallest absolute Gasteiger partial charge is 0.168 e. The Hall–Kier alpha value is -0.510. The maximum atomic E-state index is 9.71. The van der Waals surface area contributed by atoms with E-state index in [4.69, 9.17) is 13.6 Å². The average Bonchev–Trinajstić information content (AvgIpc) is 2.21. The van der Waals surface area contributed by atoms with Crippen molar-refractivity contribution in [1.82, 2.24) is 0 Å². The Morgan fingerprint density at radius 2 is 1.14 bits per heavy atom. The zero-order chi connectivity index (χ0) is 10.9. The third-order valence-electron chi connectivity index (χ3n) is 1.07. The van der Waals surface area contributed by atoms with E-state index in [-0.39, 0.29) is 19.8 Å². The van der Waals surface area contributed by atoms with E-state index >= 15 is 0 Å². The first kappa shape index (κ1) is 13.5. The van der Waals surface area contributed by atoms with Crippen LogP contribution in [0.1, 0.15) is 0 Å². The van der Waals surface area contributed by atoms with E-state index in [1.807, 2.05) is 0 Å². The summed E-state index contributed by atoms with van der Waals surface area (Å²) >= 11 is 0. The first-order valence-corrected chi connectivity index (χ1v) is 5.56. The SMILES string of the molecule is C=CCO[P+](O)(OCC=C)OCC=C. The number of rotatable bonds is 9. The first-order valence-electron chi connectivity index (χ1n) is 4.06. The van der Waals surface area contributed by atoms with E-state index in [9.17, 15) is 4.89 Å². The molecule has 0 atom stereocenters. The molecule has 1 N–H and O–H groups in total. The molecule has 0 aliphatic heterocycles. The van der Waals surface area contributed by atoms with Gasteiger partial charge in [-0.25, -0.2) is 0 Å². The average molecular weight is 219 g/mol. The van der Waals surface area contributed by atoms with Crippen LogP contribution in [0.15, 0.2) is 38.0 Å². The van der Waals surface area contributed by atoms with Crippen LogP contribution in [-0.2, 0) is 13.6 Å². The third-order valence-corrected chi connectivity index (χ3v) is 2.49. The van der Waals surface area contributed by atoms with E-state index in [1.54, 1.807) is 0 Å². The van der Waals surface area contributed by atoms with Gasteiger partial charge in [-0.3, -0.25) is 0 Å². The molecule has 0 aromatic rings. The molecule has 0 aromatic heterocycles. The molecule has 0 saturated heterocycles. The Bertz CT molecular complexity index is 162. The second-order valence-corrected chi connectivity index (χ2v) is 3.93. The van der Waals surface area contributed by atoms with Crippen molar-refractivity contribution < 1.29 is 18.5 Å². The lowest BCUT2D eigenvalue weighted by Gasteiger charge is -2.12. The molecule has 0 rings (SSSR count). The zero-order valence-corrected chi connectivity index (χ0v) is 8.99. The van der Waals surface area contributed by atoms with Gasteiger partial charge in [0.05, 0.1) is 0 Å². The zero-order valence-electron chi connectivity index (χ0n) is 8.09. The summed E-state index contributed by atoms with van der Waals surface area (Å²) in [4.78, 5) is 9.71.